The molecule has 118 valence electrons. The van der Waals surface area contributed by atoms with Gasteiger partial charge in [-0.3, -0.25) is 0 Å². The monoisotopic (exact) mass is 300 g/mol. The van der Waals surface area contributed by atoms with E-state index in [4.69, 9.17) is 4.74 Å². The molecule has 5 heteroatoms. The van der Waals surface area contributed by atoms with Crippen LogP contribution in [0.1, 0.15) is 32.0 Å². The number of aryl methyl sites for hydroxylation is 1. The summed E-state index contributed by atoms with van der Waals surface area (Å²) >= 11 is 0. The first kappa shape index (κ1) is 16.1. The predicted molar refractivity (Wildman–Crippen MR) is 90.5 cm³/mol. The van der Waals surface area contributed by atoms with E-state index in [-0.39, 0.29) is 5.54 Å². The molecule has 0 atom stereocenters. The minimum atomic E-state index is -0.0410. The zero-order chi connectivity index (χ0) is 16.2. The van der Waals surface area contributed by atoms with Crippen LogP contribution in [0.3, 0.4) is 0 Å². The molecule has 2 N–H and O–H groups in total. The quantitative estimate of drug-likeness (QED) is 0.883. The summed E-state index contributed by atoms with van der Waals surface area (Å²) in [5.41, 5.74) is 1.95. The summed E-state index contributed by atoms with van der Waals surface area (Å²) in [5, 5.41) is 6.63. The van der Waals surface area contributed by atoms with Crippen LogP contribution in [-0.4, -0.2) is 22.6 Å². The lowest BCUT2D eigenvalue weighted by atomic mass is 10.1. The van der Waals surface area contributed by atoms with E-state index in [1.807, 2.05) is 37.3 Å². The molecule has 0 fully saturated rings. The SMILES string of the molecule is COc1ccccc1CNc1nc(C)cc(NC(C)(C)C)n1. The smallest absolute Gasteiger partial charge is 0.225 e. The summed E-state index contributed by atoms with van der Waals surface area (Å²) < 4.78 is 5.35. The van der Waals surface area contributed by atoms with Gasteiger partial charge >= 0.3 is 0 Å². The van der Waals surface area contributed by atoms with Crippen LogP contribution in [-0.2, 0) is 6.54 Å². The molecule has 0 spiro atoms. The summed E-state index contributed by atoms with van der Waals surface area (Å²) in [4.78, 5) is 8.95. The Balaban J connectivity index is 2.13. The van der Waals surface area contributed by atoms with Gasteiger partial charge in [0.1, 0.15) is 11.6 Å². The van der Waals surface area contributed by atoms with E-state index < -0.39 is 0 Å². The van der Waals surface area contributed by atoms with Gasteiger partial charge in [0.2, 0.25) is 5.95 Å². The summed E-state index contributed by atoms with van der Waals surface area (Å²) in [6.45, 7) is 8.89. The summed E-state index contributed by atoms with van der Waals surface area (Å²) in [6.07, 6.45) is 0. The maximum atomic E-state index is 5.35. The predicted octanol–water partition coefficient (Wildman–Crippen LogP) is 3.62. The van der Waals surface area contributed by atoms with Crippen LogP contribution in [0.5, 0.6) is 5.75 Å². The first-order valence-electron chi connectivity index (χ1n) is 7.37. The van der Waals surface area contributed by atoms with Crippen LogP contribution >= 0.6 is 0 Å². The van der Waals surface area contributed by atoms with Crippen LogP contribution in [0.4, 0.5) is 11.8 Å². The van der Waals surface area contributed by atoms with Gasteiger partial charge in [-0.1, -0.05) is 18.2 Å². The van der Waals surface area contributed by atoms with Crippen LogP contribution in [0.25, 0.3) is 0 Å². The third-order valence-electron chi connectivity index (χ3n) is 2.99. The average Bonchev–Trinajstić information content (AvgIpc) is 2.43. The molecule has 2 rings (SSSR count). The highest BCUT2D eigenvalue weighted by molar-refractivity contribution is 5.44. The number of aromatic nitrogens is 2. The van der Waals surface area contributed by atoms with Gasteiger partial charge in [-0.15, -0.1) is 0 Å². The molecule has 0 saturated heterocycles. The number of anilines is 2. The molecule has 0 aliphatic heterocycles. The van der Waals surface area contributed by atoms with Crippen LogP contribution in [0.15, 0.2) is 30.3 Å². The van der Waals surface area contributed by atoms with Crippen LogP contribution in [0, 0.1) is 6.92 Å². The lowest BCUT2D eigenvalue weighted by Crippen LogP contribution is -2.27. The number of methoxy groups -OCH3 is 1. The van der Waals surface area contributed by atoms with Crippen molar-refractivity contribution in [3.63, 3.8) is 0 Å². The van der Waals surface area contributed by atoms with Gasteiger partial charge in [0, 0.05) is 29.4 Å². The standard InChI is InChI=1S/C17H24N4O/c1-12-10-15(21-17(2,3)4)20-16(19-12)18-11-13-8-6-7-9-14(13)22-5/h6-10H,11H2,1-5H3,(H2,18,19,20,21). The number of hydrogen-bond donors (Lipinski definition) is 2. The molecular formula is C17H24N4O. The molecule has 5 nitrogen and oxygen atoms in total. The molecule has 0 bridgehead atoms. The molecule has 2 aromatic rings. The van der Waals surface area contributed by atoms with Crippen molar-refractivity contribution in [3.8, 4) is 5.75 Å². The fourth-order valence-corrected chi connectivity index (χ4v) is 2.12. The molecule has 0 unspecified atom stereocenters. The van der Waals surface area contributed by atoms with E-state index in [0.717, 1.165) is 22.8 Å². The maximum Gasteiger partial charge on any atom is 0.225 e. The van der Waals surface area contributed by atoms with E-state index in [9.17, 15) is 0 Å². The number of benzene rings is 1. The molecule has 0 aliphatic carbocycles. The first-order valence-corrected chi connectivity index (χ1v) is 7.37. The molecule has 0 amide bonds. The zero-order valence-corrected chi connectivity index (χ0v) is 13.9. The normalized spacial score (nSPS) is 11.1. The van der Waals surface area contributed by atoms with Crippen molar-refractivity contribution in [2.24, 2.45) is 0 Å². The molecule has 1 heterocycles. The Morgan fingerprint density at radius 3 is 2.55 bits per heavy atom. The Morgan fingerprint density at radius 2 is 1.86 bits per heavy atom. The second kappa shape index (κ2) is 6.64. The van der Waals surface area contributed by atoms with Crippen LogP contribution in [0.2, 0.25) is 0 Å². The van der Waals surface area contributed by atoms with Gasteiger partial charge in [0.15, 0.2) is 0 Å². The Hall–Kier alpha value is -2.30. The maximum absolute atomic E-state index is 5.35. The van der Waals surface area contributed by atoms with Crippen molar-refractivity contribution in [3.05, 3.63) is 41.6 Å². The Bertz CT molecular complexity index is 635. The largest absolute Gasteiger partial charge is 0.496 e. The highest BCUT2D eigenvalue weighted by Crippen LogP contribution is 2.19. The number of hydrogen-bond acceptors (Lipinski definition) is 5. The highest BCUT2D eigenvalue weighted by atomic mass is 16.5. The highest BCUT2D eigenvalue weighted by Gasteiger charge is 2.12. The van der Waals surface area contributed by atoms with Gasteiger partial charge in [-0.2, -0.15) is 4.98 Å². The lowest BCUT2D eigenvalue weighted by molar-refractivity contribution is 0.410. The summed E-state index contributed by atoms with van der Waals surface area (Å²) in [6, 6.07) is 9.86. The molecule has 22 heavy (non-hydrogen) atoms. The van der Waals surface area contributed by atoms with E-state index in [1.165, 1.54) is 0 Å². The van der Waals surface area contributed by atoms with Crippen LogP contribution < -0.4 is 15.4 Å². The van der Waals surface area contributed by atoms with Gasteiger partial charge in [-0.05, 0) is 33.8 Å². The third kappa shape index (κ3) is 4.62. The fraction of sp³-hybridized carbons (Fsp3) is 0.412. The molecule has 1 aromatic carbocycles. The second-order valence-corrected chi connectivity index (χ2v) is 6.26. The van der Waals surface area contributed by atoms with E-state index >= 15 is 0 Å². The van der Waals surface area contributed by atoms with Gasteiger partial charge < -0.3 is 15.4 Å². The molecule has 0 radical (unpaired) electrons. The van der Waals surface area contributed by atoms with Crippen molar-refractivity contribution in [1.29, 1.82) is 0 Å². The minimum Gasteiger partial charge on any atom is -0.496 e. The number of ether oxygens (including phenoxy) is 1. The summed E-state index contributed by atoms with van der Waals surface area (Å²) in [5.74, 6) is 2.29. The Labute approximate surface area is 132 Å². The molecular weight excluding hydrogens is 276 g/mol. The number of para-hydroxylation sites is 1. The van der Waals surface area contributed by atoms with Gasteiger partial charge in [-0.25, -0.2) is 4.98 Å². The topological polar surface area (TPSA) is 59.1 Å². The fourth-order valence-electron chi connectivity index (χ4n) is 2.12. The van der Waals surface area contributed by atoms with E-state index in [0.29, 0.717) is 12.5 Å². The van der Waals surface area contributed by atoms with Crippen molar-refractivity contribution < 1.29 is 4.74 Å². The zero-order valence-electron chi connectivity index (χ0n) is 13.9. The van der Waals surface area contributed by atoms with Gasteiger partial charge in [0.05, 0.1) is 7.11 Å². The number of rotatable bonds is 5. The summed E-state index contributed by atoms with van der Waals surface area (Å²) in [7, 11) is 1.67. The van der Waals surface area contributed by atoms with Crippen molar-refractivity contribution in [2.75, 3.05) is 17.7 Å². The third-order valence-corrected chi connectivity index (χ3v) is 2.99. The molecule has 0 saturated carbocycles. The first-order chi connectivity index (χ1) is 10.4. The van der Waals surface area contributed by atoms with Gasteiger partial charge in [0.25, 0.3) is 0 Å². The lowest BCUT2D eigenvalue weighted by Gasteiger charge is -2.21. The molecule has 0 aliphatic rings. The van der Waals surface area contributed by atoms with Crippen molar-refractivity contribution >= 4 is 11.8 Å². The minimum absolute atomic E-state index is 0.0410. The van der Waals surface area contributed by atoms with E-state index in [1.54, 1.807) is 7.11 Å². The second-order valence-electron chi connectivity index (χ2n) is 6.26. The Morgan fingerprint density at radius 1 is 1.14 bits per heavy atom. The number of nitrogens with one attached hydrogen (secondary N) is 2. The van der Waals surface area contributed by atoms with Crippen molar-refractivity contribution in [1.82, 2.24) is 9.97 Å². The average molecular weight is 300 g/mol. The number of nitrogens with zero attached hydrogens (tertiary/aromatic N) is 2. The van der Waals surface area contributed by atoms with Crippen molar-refractivity contribution in [2.45, 2.75) is 39.8 Å². The Kier molecular flexibility index (Phi) is 4.85. The molecule has 1 aromatic heterocycles. The van der Waals surface area contributed by atoms with E-state index in [2.05, 4.69) is 41.4 Å².